The van der Waals surface area contributed by atoms with Gasteiger partial charge in [0, 0.05) is 17.5 Å². The molecular formula is C18H20FNO. The molecule has 0 fully saturated rings. The quantitative estimate of drug-likeness (QED) is 0.895. The Hall–Kier alpha value is -1.87. The third kappa shape index (κ3) is 2.93. The fraction of sp³-hybridized carbons (Fsp3) is 0.333. The highest BCUT2D eigenvalue weighted by molar-refractivity contribution is 5.42. The maximum absolute atomic E-state index is 13.6. The molecule has 1 aliphatic heterocycles. The molecule has 2 nitrogen and oxygen atoms in total. The van der Waals surface area contributed by atoms with Crippen molar-refractivity contribution in [2.24, 2.45) is 0 Å². The summed E-state index contributed by atoms with van der Waals surface area (Å²) in [6.45, 7) is 3.67. The molecule has 3 rings (SSSR count). The van der Waals surface area contributed by atoms with Crippen LogP contribution in [0.15, 0.2) is 48.5 Å². The summed E-state index contributed by atoms with van der Waals surface area (Å²) >= 11 is 0. The van der Waals surface area contributed by atoms with Gasteiger partial charge in [0.05, 0.1) is 6.61 Å². The second-order valence-electron chi connectivity index (χ2n) is 5.44. The molecule has 2 atom stereocenters. The van der Waals surface area contributed by atoms with Crippen molar-refractivity contribution >= 4 is 0 Å². The first kappa shape index (κ1) is 14.1. The van der Waals surface area contributed by atoms with Gasteiger partial charge in [-0.05, 0) is 36.7 Å². The third-order valence-electron chi connectivity index (χ3n) is 3.96. The molecule has 0 amide bonds. The van der Waals surface area contributed by atoms with E-state index in [1.54, 1.807) is 12.1 Å². The number of hydrogen-bond acceptors (Lipinski definition) is 2. The molecule has 0 aliphatic carbocycles. The van der Waals surface area contributed by atoms with Gasteiger partial charge >= 0.3 is 0 Å². The van der Waals surface area contributed by atoms with Crippen LogP contribution in [0.5, 0.6) is 5.75 Å². The average Bonchev–Trinajstić information content (AvgIpc) is 2.92. The summed E-state index contributed by atoms with van der Waals surface area (Å²) in [6, 6.07) is 15.0. The Morgan fingerprint density at radius 2 is 2.10 bits per heavy atom. The predicted octanol–water partition coefficient (Wildman–Crippen LogP) is 4.04. The highest BCUT2D eigenvalue weighted by Crippen LogP contribution is 2.41. The smallest absolute Gasteiger partial charge is 0.123 e. The van der Waals surface area contributed by atoms with Crippen molar-refractivity contribution in [1.29, 1.82) is 0 Å². The topological polar surface area (TPSA) is 21.3 Å². The number of nitrogens with one attached hydrogen (secondary N) is 1. The van der Waals surface area contributed by atoms with E-state index in [1.807, 2.05) is 24.3 Å². The summed E-state index contributed by atoms with van der Waals surface area (Å²) in [5.41, 5.74) is 2.18. The Morgan fingerprint density at radius 3 is 2.90 bits per heavy atom. The van der Waals surface area contributed by atoms with Crippen LogP contribution in [-0.4, -0.2) is 13.2 Å². The lowest BCUT2D eigenvalue weighted by atomic mass is 9.88. The fourth-order valence-electron chi connectivity index (χ4n) is 2.96. The number of ether oxygens (including phenoxy) is 1. The van der Waals surface area contributed by atoms with Crippen LogP contribution in [0.4, 0.5) is 4.39 Å². The van der Waals surface area contributed by atoms with Crippen LogP contribution in [0, 0.1) is 5.82 Å². The van der Waals surface area contributed by atoms with E-state index in [-0.39, 0.29) is 17.8 Å². The van der Waals surface area contributed by atoms with E-state index in [0.29, 0.717) is 6.61 Å². The Balaban J connectivity index is 1.93. The molecule has 1 N–H and O–H groups in total. The molecule has 110 valence electrons. The first-order chi connectivity index (χ1) is 10.3. The molecule has 0 saturated heterocycles. The predicted molar refractivity (Wildman–Crippen MR) is 82.1 cm³/mol. The minimum absolute atomic E-state index is 0.0734. The number of hydrogen-bond donors (Lipinski definition) is 1. The van der Waals surface area contributed by atoms with Gasteiger partial charge < -0.3 is 10.1 Å². The monoisotopic (exact) mass is 285 g/mol. The van der Waals surface area contributed by atoms with Crippen molar-refractivity contribution < 1.29 is 9.13 Å². The van der Waals surface area contributed by atoms with Crippen molar-refractivity contribution in [3.8, 4) is 5.75 Å². The zero-order valence-electron chi connectivity index (χ0n) is 12.2. The molecule has 21 heavy (non-hydrogen) atoms. The minimum Gasteiger partial charge on any atom is -0.493 e. The lowest BCUT2D eigenvalue weighted by Gasteiger charge is -2.24. The SMILES string of the molecule is CCCNC(c1cccc(F)c1)C1COc2ccccc21. The van der Waals surface area contributed by atoms with Gasteiger partial charge in [0.25, 0.3) is 0 Å². The molecule has 2 aromatic carbocycles. The standard InChI is InChI=1S/C18H20FNO/c1-2-10-20-18(13-6-5-7-14(19)11-13)16-12-21-17-9-4-3-8-15(16)17/h3-9,11,16,18,20H,2,10,12H2,1H3. The Bertz CT molecular complexity index is 614. The summed E-state index contributed by atoms with van der Waals surface area (Å²) in [6.07, 6.45) is 1.04. The van der Waals surface area contributed by atoms with E-state index in [0.717, 1.165) is 24.3 Å². The van der Waals surface area contributed by atoms with Crippen molar-refractivity contribution in [2.45, 2.75) is 25.3 Å². The van der Waals surface area contributed by atoms with Crippen molar-refractivity contribution in [3.05, 3.63) is 65.5 Å². The lowest BCUT2D eigenvalue weighted by molar-refractivity contribution is 0.299. The Labute approximate surface area is 125 Å². The van der Waals surface area contributed by atoms with Crippen LogP contribution in [0.1, 0.15) is 36.4 Å². The van der Waals surface area contributed by atoms with Crippen molar-refractivity contribution in [1.82, 2.24) is 5.32 Å². The summed E-state index contributed by atoms with van der Waals surface area (Å²) in [5, 5.41) is 3.55. The molecule has 0 saturated carbocycles. The molecule has 0 bridgehead atoms. The zero-order valence-corrected chi connectivity index (χ0v) is 12.2. The average molecular weight is 285 g/mol. The van der Waals surface area contributed by atoms with Gasteiger partial charge in [0.15, 0.2) is 0 Å². The summed E-state index contributed by atoms with van der Waals surface area (Å²) in [5.74, 6) is 0.972. The summed E-state index contributed by atoms with van der Waals surface area (Å²) < 4.78 is 19.4. The third-order valence-corrected chi connectivity index (χ3v) is 3.96. The fourth-order valence-corrected chi connectivity index (χ4v) is 2.96. The largest absolute Gasteiger partial charge is 0.493 e. The molecule has 1 heterocycles. The van der Waals surface area contributed by atoms with Crippen LogP contribution >= 0.6 is 0 Å². The normalized spacial score (nSPS) is 18.1. The number of fused-ring (bicyclic) bond motifs is 1. The number of para-hydroxylation sites is 1. The molecule has 2 unspecified atom stereocenters. The molecule has 3 heteroatoms. The Morgan fingerprint density at radius 1 is 1.24 bits per heavy atom. The Kier molecular flexibility index (Phi) is 4.20. The van der Waals surface area contributed by atoms with Crippen LogP contribution in [0.2, 0.25) is 0 Å². The van der Waals surface area contributed by atoms with E-state index < -0.39 is 0 Å². The molecule has 1 aliphatic rings. The summed E-state index contributed by atoms with van der Waals surface area (Å²) in [7, 11) is 0. The van der Waals surface area contributed by atoms with E-state index in [1.165, 1.54) is 11.6 Å². The highest BCUT2D eigenvalue weighted by Gasteiger charge is 2.31. The van der Waals surface area contributed by atoms with E-state index >= 15 is 0 Å². The first-order valence-electron chi connectivity index (χ1n) is 7.50. The van der Waals surface area contributed by atoms with Gasteiger partial charge in [-0.3, -0.25) is 0 Å². The van der Waals surface area contributed by atoms with E-state index in [2.05, 4.69) is 18.3 Å². The zero-order chi connectivity index (χ0) is 14.7. The van der Waals surface area contributed by atoms with Gasteiger partial charge in [-0.25, -0.2) is 4.39 Å². The van der Waals surface area contributed by atoms with Gasteiger partial charge in [0.2, 0.25) is 0 Å². The maximum Gasteiger partial charge on any atom is 0.123 e. The van der Waals surface area contributed by atoms with Crippen LogP contribution in [0.25, 0.3) is 0 Å². The summed E-state index contributed by atoms with van der Waals surface area (Å²) in [4.78, 5) is 0. The van der Waals surface area contributed by atoms with Gasteiger partial charge in [-0.2, -0.15) is 0 Å². The minimum atomic E-state index is -0.192. The highest BCUT2D eigenvalue weighted by atomic mass is 19.1. The lowest BCUT2D eigenvalue weighted by Crippen LogP contribution is -2.28. The molecule has 0 spiro atoms. The van der Waals surface area contributed by atoms with E-state index in [9.17, 15) is 4.39 Å². The second-order valence-corrected chi connectivity index (χ2v) is 5.44. The second kappa shape index (κ2) is 6.27. The maximum atomic E-state index is 13.6. The molecular weight excluding hydrogens is 265 g/mol. The molecule has 2 aromatic rings. The van der Waals surface area contributed by atoms with Crippen molar-refractivity contribution in [2.75, 3.05) is 13.2 Å². The first-order valence-corrected chi connectivity index (χ1v) is 7.50. The number of halogens is 1. The number of benzene rings is 2. The molecule has 0 aromatic heterocycles. The number of rotatable bonds is 5. The van der Waals surface area contributed by atoms with Crippen LogP contribution in [0.3, 0.4) is 0 Å². The van der Waals surface area contributed by atoms with Crippen LogP contribution < -0.4 is 10.1 Å². The van der Waals surface area contributed by atoms with Gasteiger partial charge in [-0.15, -0.1) is 0 Å². The van der Waals surface area contributed by atoms with Gasteiger partial charge in [0.1, 0.15) is 11.6 Å². The van der Waals surface area contributed by atoms with Crippen molar-refractivity contribution in [3.63, 3.8) is 0 Å². The van der Waals surface area contributed by atoms with Gasteiger partial charge in [-0.1, -0.05) is 37.3 Å². The van der Waals surface area contributed by atoms with Crippen LogP contribution in [-0.2, 0) is 0 Å². The van der Waals surface area contributed by atoms with E-state index in [4.69, 9.17) is 4.74 Å². The molecule has 0 radical (unpaired) electrons.